The van der Waals surface area contributed by atoms with Crippen LogP contribution in [-0.2, 0) is 0 Å². The van der Waals surface area contributed by atoms with Crippen LogP contribution in [-0.4, -0.2) is 556 Å². The van der Waals surface area contributed by atoms with E-state index in [2.05, 4.69) is 34.6 Å². The van der Waals surface area contributed by atoms with Gasteiger partial charge in [0.1, 0.15) is 97.7 Å². The van der Waals surface area contributed by atoms with Crippen molar-refractivity contribution in [2.24, 2.45) is 0 Å². The highest BCUT2D eigenvalue weighted by atomic mass is 16.4. The molecule has 0 aromatic carbocycles. The average molecular weight is 1810 g/mol. The average Bonchev–Trinajstić information content (AvgIpc) is 0.839. The molecule has 8 rings (SSSR count). The number of likely N-dealkylation sites (tertiary alicyclic amines) is 8. The zero-order valence-corrected chi connectivity index (χ0v) is 75.5. The van der Waals surface area contributed by atoms with Crippen LogP contribution in [0.3, 0.4) is 0 Å². The Morgan fingerprint density at radius 2 is 0.331 bits per heavy atom. The molecular weight excluding hydrogens is 1630 g/mol. The van der Waals surface area contributed by atoms with Crippen molar-refractivity contribution < 1.29 is 163 Å². The number of rotatable bonds is 36. The summed E-state index contributed by atoms with van der Waals surface area (Å²) < 4.78 is 0. The maximum absolute atomic E-state index is 9.84. The van der Waals surface area contributed by atoms with Crippen LogP contribution < -0.4 is 0 Å². The summed E-state index contributed by atoms with van der Waals surface area (Å²) in [6.45, 7) is 20.4. The smallest absolute Gasteiger partial charge is 0.109 e. The minimum Gasteiger partial charge on any atom is -0.395 e. The van der Waals surface area contributed by atoms with Crippen LogP contribution in [0.15, 0.2) is 0 Å². The van der Waals surface area contributed by atoms with Gasteiger partial charge >= 0.3 is 0 Å². The van der Waals surface area contributed by atoms with Crippen LogP contribution in [0.1, 0.15) is 183 Å². The number of aliphatic hydroxyl groups is 32. The summed E-state index contributed by atoms with van der Waals surface area (Å²) in [6.07, 6.45) is -2.02. The van der Waals surface area contributed by atoms with Crippen molar-refractivity contribution in [1.29, 1.82) is 0 Å². The van der Waals surface area contributed by atoms with Crippen molar-refractivity contribution in [3.05, 3.63) is 0 Å². The fourth-order valence-electron chi connectivity index (χ4n) is 17.0. The van der Waals surface area contributed by atoms with Crippen molar-refractivity contribution in [3.63, 3.8) is 0 Å². The van der Waals surface area contributed by atoms with E-state index in [4.69, 9.17) is 20.4 Å². The molecule has 0 aromatic rings. The summed E-state index contributed by atoms with van der Waals surface area (Å²) in [5.41, 5.74) is 0. The lowest BCUT2D eigenvalue weighted by molar-refractivity contribution is -0.145. The van der Waals surface area contributed by atoms with Gasteiger partial charge in [0.25, 0.3) is 0 Å². The van der Waals surface area contributed by atoms with Gasteiger partial charge in [0, 0.05) is 52.4 Å². The zero-order chi connectivity index (χ0) is 94.2. The molecule has 0 spiro atoms. The molecule has 0 unspecified atom stereocenters. The van der Waals surface area contributed by atoms with Gasteiger partial charge in [-0.15, -0.1) is 0 Å². The first-order chi connectivity index (χ1) is 58.9. The third-order valence-corrected chi connectivity index (χ3v) is 25.3. The van der Waals surface area contributed by atoms with E-state index in [0.717, 1.165) is 116 Å². The first-order valence-electron chi connectivity index (χ1n) is 46.0. The molecule has 0 bridgehead atoms. The molecular formula is C84H176N8O32. The van der Waals surface area contributed by atoms with Gasteiger partial charge < -0.3 is 163 Å². The molecule has 0 aromatic heterocycles. The van der Waals surface area contributed by atoms with Gasteiger partial charge in [0.15, 0.2) is 0 Å². The molecule has 0 aliphatic carbocycles. The maximum atomic E-state index is 9.84. The molecule has 40 nitrogen and oxygen atoms in total. The number of hydrogen-bond donors (Lipinski definition) is 32. The van der Waals surface area contributed by atoms with Gasteiger partial charge in [-0.25, -0.2) is 0 Å². The molecule has 8 fully saturated rings. The first-order valence-corrected chi connectivity index (χ1v) is 46.0. The Morgan fingerprint density at radius 3 is 0.548 bits per heavy atom. The molecule has 32 N–H and O–H groups in total. The predicted molar refractivity (Wildman–Crippen MR) is 461 cm³/mol. The van der Waals surface area contributed by atoms with E-state index in [9.17, 15) is 143 Å². The molecule has 32 atom stereocenters. The normalized spacial score (nSPS) is 37.4. The molecule has 8 saturated heterocycles. The van der Waals surface area contributed by atoms with E-state index in [1.54, 1.807) is 16.8 Å². The Bertz CT molecular complexity index is 2550. The Hall–Kier alpha value is -1.60. The minimum atomic E-state index is -1.15. The Morgan fingerprint density at radius 1 is 0.169 bits per heavy atom. The molecule has 0 saturated carbocycles. The largest absolute Gasteiger partial charge is 0.395 e. The van der Waals surface area contributed by atoms with Crippen LogP contribution in [0, 0.1) is 0 Å². The lowest BCUT2D eigenvalue weighted by atomic mass is 9.94. The van der Waals surface area contributed by atoms with Crippen LogP contribution in [0.2, 0.25) is 0 Å². The highest BCUT2D eigenvalue weighted by molar-refractivity contribution is 5.01. The summed E-state index contributed by atoms with van der Waals surface area (Å²) in [5, 5.41) is 302. The molecule has 0 amide bonds. The highest BCUT2D eigenvalue weighted by Crippen LogP contribution is 2.27. The van der Waals surface area contributed by atoms with Crippen molar-refractivity contribution in [3.8, 4) is 0 Å². The van der Waals surface area contributed by atoms with Gasteiger partial charge in [0.2, 0.25) is 0 Å². The van der Waals surface area contributed by atoms with Gasteiger partial charge in [-0.2, -0.15) is 0 Å². The Labute approximate surface area is 736 Å². The van der Waals surface area contributed by atoms with E-state index in [-0.39, 0.29) is 59.4 Å². The Balaban J connectivity index is 0.000000711. The lowest BCUT2D eigenvalue weighted by Crippen LogP contribution is -2.62. The van der Waals surface area contributed by atoms with Crippen molar-refractivity contribution in [2.45, 2.75) is 378 Å². The summed E-state index contributed by atoms with van der Waals surface area (Å²) in [5.74, 6) is 0. The molecule has 0 radical (unpaired) electrons. The summed E-state index contributed by atoms with van der Waals surface area (Å²) >= 11 is 0. The van der Waals surface area contributed by atoms with Crippen molar-refractivity contribution in [1.82, 2.24) is 39.2 Å². The van der Waals surface area contributed by atoms with Crippen LogP contribution in [0.25, 0.3) is 0 Å². The van der Waals surface area contributed by atoms with E-state index in [0.29, 0.717) is 58.9 Å². The second-order valence-electron chi connectivity index (χ2n) is 34.7. The Kier molecular flexibility index (Phi) is 64.8. The third-order valence-electron chi connectivity index (χ3n) is 25.3. The molecule has 8 heterocycles. The monoisotopic (exact) mass is 1810 g/mol. The molecule has 8 aliphatic heterocycles. The van der Waals surface area contributed by atoms with Gasteiger partial charge in [0.05, 0.1) is 150 Å². The number of aliphatic hydroxyl groups excluding tert-OH is 32. The number of hydrogen-bond acceptors (Lipinski definition) is 40. The lowest BCUT2D eigenvalue weighted by Gasteiger charge is -2.43. The molecule has 124 heavy (non-hydrogen) atoms. The SMILES string of the molecule is CCCCCCCCN1C[C@H](O)[C@@H](O)[C@H](O)[C@H]1CO.CCCCCCCN1C[C@H](O)[C@@H](O)[C@H](O)[C@H]1CO.CCCCCCN1C[C@H](O)[C@@H](O)[C@H](O)[C@H]1CO.CCCCCN1C[C@H](O)[C@@H](O)[C@H](O)[C@H]1CO.CCCCN1C[C@H](O)[C@@H](O)[C@H](O)[C@H]1CO.CCCN1C[C@H](O)[C@@H](O)[C@H](O)[C@H]1CO.CCN1C[C@H](O)[C@@H](O)[C@H](O)[C@H]1CO.CN1C[C@H](O)[C@@H](O)[C@H](O)[C@H]1CO. The fourth-order valence-corrected chi connectivity index (χ4v) is 17.0. The molecule has 40 heteroatoms. The minimum absolute atomic E-state index is 0.194. The number of nitrogens with zero attached hydrogens (tertiary/aromatic N) is 8. The second-order valence-corrected chi connectivity index (χ2v) is 34.7. The third kappa shape index (κ3) is 39.1. The highest BCUT2D eigenvalue weighted by Gasteiger charge is 2.48. The van der Waals surface area contributed by atoms with Crippen molar-refractivity contribution >= 4 is 0 Å². The van der Waals surface area contributed by atoms with Crippen LogP contribution in [0.5, 0.6) is 0 Å². The maximum Gasteiger partial charge on any atom is 0.109 e. The van der Waals surface area contributed by atoms with Crippen LogP contribution >= 0.6 is 0 Å². The van der Waals surface area contributed by atoms with Crippen LogP contribution in [0.4, 0.5) is 0 Å². The standard InChI is InChI=1S/C14H29NO4.C13H27NO4.C12H25NO4.C11H23NO4.C10H21NO4.C9H19NO4.C8H17NO4.C7H15NO4/c1-2-3-4-5-6-7-8-15-9-12(17)14(19)13(18)11(15)10-16;1-2-3-4-5-6-7-14-8-11(16)13(18)12(17)10(14)9-15;1-2-3-4-5-6-13-7-10(15)12(17)11(16)9(13)8-14;1-2-3-4-5-12-6-9(14)11(16)10(15)8(12)7-13;1-2-3-4-11-5-8(13)10(15)9(14)7(11)6-12;1-2-3-10-4-7(12)9(14)8(13)6(10)5-11;1-2-9-3-6(11)8(13)7(12)5(9)4-10;1-8-2-5(10)7(12)6(11)4(8)3-9/h11-14,16-19H,2-10H2,1H3;10-13,15-18H,2-9H2,1H3;9-12,14-17H,2-8H2,1H3;8-11,13-16H,2-7H2,1H3;7-10,12-15H,2-6H2,1H3;6-9,11-14H,2-5H2,1H3;5-8,10-13H,2-4H2,1H3;4-7,9-12H,2-3H2,1H3/t11-,12+,13-,14-;10-,11+,12-,13-;9-,10+,11-,12-;8-,9+,10-,11-;7-,8+,9-,10-;6-,7+,8-,9-;5-,6+,7-,8-;4-,5+,6-,7-/m11111111/s1. The van der Waals surface area contributed by atoms with Crippen molar-refractivity contribution in [2.75, 3.05) is 158 Å². The topological polar surface area (TPSA) is 673 Å². The molecule has 744 valence electrons. The van der Waals surface area contributed by atoms with E-state index in [1.165, 1.54) is 51.4 Å². The fraction of sp³-hybridized carbons (Fsp3) is 1.00. The summed E-state index contributed by atoms with van der Waals surface area (Å²) in [4.78, 5) is 14.5. The molecule has 8 aliphatic rings. The van der Waals surface area contributed by atoms with E-state index >= 15 is 0 Å². The number of piperidine rings is 8. The number of unbranched alkanes of at least 4 members (excludes halogenated alkanes) is 15. The van der Waals surface area contributed by atoms with Gasteiger partial charge in [-0.3, -0.25) is 39.2 Å². The number of β-amino-alcohol motifs (C(OH)–C–C–N with tert-alkyl or cyclic N) is 8. The summed E-state index contributed by atoms with van der Waals surface area (Å²) in [6, 6.07) is -3.73. The zero-order valence-electron chi connectivity index (χ0n) is 75.5. The first kappa shape index (κ1) is 120. The quantitative estimate of drug-likeness (QED) is 0.0259. The number of likely N-dealkylation sites (N-methyl/N-ethyl adjacent to an activating group) is 2. The summed E-state index contributed by atoms with van der Waals surface area (Å²) in [7, 11) is 1.68. The van der Waals surface area contributed by atoms with E-state index in [1.807, 2.05) is 43.2 Å². The van der Waals surface area contributed by atoms with Gasteiger partial charge in [-0.1, -0.05) is 145 Å². The van der Waals surface area contributed by atoms with E-state index < -0.39 is 195 Å². The van der Waals surface area contributed by atoms with Gasteiger partial charge in [-0.05, 0) is 91.4 Å². The predicted octanol–water partition coefficient (Wildman–Crippen LogP) is -10.1. The second kappa shape index (κ2) is 66.7.